The van der Waals surface area contributed by atoms with Crippen molar-refractivity contribution in [3.8, 4) is 0 Å². The molecule has 0 fully saturated rings. The van der Waals surface area contributed by atoms with Crippen LogP contribution in [-0.4, -0.2) is 18.5 Å². The maximum Gasteiger partial charge on any atom is 0.0239 e. The summed E-state index contributed by atoms with van der Waals surface area (Å²) in [7, 11) is 2.22. The van der Waals surface area contributed by atoms with Gasteiger partial charge in [0, 0.05) is 13.1 Å². The Morgan fingerprint density at radius 3 is 1.85 bits per heavy atom. The number of halogens is 1. The van der Waals surface area contributed by atoms with Gasteiger partial charge in [0.05, 0.1) is 0 Å². The van der Waals surface area contributed by atoms with E-state index in [0.29, 0.717) is 0 Å². The van der Waals surface area contributed by atoms with E-state index in [1.165, 1.54) is 27.1 Å². The van der Waals surface area contributed by atoms with Crippen LogP contribution in [0.2, 0.25) is 0 Å². The number of hydrogen-bond donors (Lipinski definition) is 0. The minimum atomic E-state index is 0. The summed E-state index contributed by atoms with van der Waals surface area (Å²) in [4.78, 5) is 2.42. The van der Waals surface area contributed by atoms with Crippen LogP contribution in [0.3, 0.4) is 0 Å². The zero-order valence-corrected chi connectivity index (χ0v) is 12.4. The molecule has 0 N–H and O–H groups in total. The van der Waals surface area contributed by atoms with Crippen LogP contribution in [0, 0.1) is 0 Å². The summed E-state index contributed by atoms with van der Waals surface area (Å²) in [5, 5.41) is 5.68. The first-order valence-electron chi connectivity index (χ1n) is 6.94. The van der Waals surface area contributed by atoms with Crippen molar-refractivity contribution in [1.82, 2.24) is 4.90 Å². The lowest BCUT2D eigenvalue weighted by molar-refractivity contribution is 0.315. The molecule has 1 nitrogen and oxygen atoms in total. The van der Waals surface area contributed by atoms with Crippen molar-refractivity contribution < 1.29 is 0 Å². The Morgan fingerprint density at radius 2 is 1.25 bits per heavy atom. The summed E-state index contributed by atoms with van der Waals surface area (Å²) in [5.74, 6) is 0. The Kier molecular flexibility index (Phi) is 3.41. The molecule has 1 aliphatic rings. The molecule has 0 amide bonds. The average molecular weight is 284 g/mol. The number of hydrogen-bond acceptors (Lipinski definition) is 1. The average Bonchev–Trinajstić information content (AvgIpc) is 2.47. The molecule has 3 aromatic carbocycles. The lowest BCUT2D eigenvalue weighted by Crippen LogP contribution is -2.26. The summed E-state index contributed by atoms with van der Waals surface area (Å²) in [6.07, 6.45) is 1.16. The summed E-state index contributed by atoms with van der Waals surface area (Å²) < 4.78 is 0. The molecule has 20 heavy (non-hydrogen) atoms. The molecule has 1 aliphatic heterocycles. The molecule has 4 rings (SSSR count). The van der Waals surface area contributed by atoms with E-state index >= 15 is 0 Å². The highest BCUT2D eigenvalue weighted by Gasteiger charge is 2.19. The Labute approximate surface area is 125 Å². The highest BCUT2D eigenvalue weighted by atomic mass is 35.5. The molecule has 102 valence electrons. The monoisotopic (exact) mass is 283 g/mol. The number of fused-ring (bicyclic) bond motifs is 6. The maximum absolute atomic E-state index is 2.42. The topological polar surface area (TPSA) is 3.24 Å². The molecule has 0 unspecified atom stereocenters. The second kappa shape index (κ2) is 5.08. The standard InChI is InChI=1S/C18H17N.ClH/c1-19-11-10-17-15-8-3-2-6-13(15)14-7-4-5-9-16(14)18(17)12-19;/h2-9H,10-12H2,1H3;1H. The van der Waals surface area contributed by atoms with Crippen molar-refractivity contribution >= 4 is 34.0 Å². The Hall–Kier alpha value is -1.57. The highest BCUT2D eigenvalue weighted by molar-refractivity contribution is 6.10. The normalized spacial score (nSPS) is 15.1. The van der Waals surface area contributed by atoms with Crippen molar-refractivity contribution in [1.29, 1.82) is 0 Å². The predicted molar refractivity (Wildman–Crippen MR) is 88.7 cm³/mol. The fourth-order valence-electron chi connectivity index (χ4n) is 3.41. The number of nitrogens with zero attached hydrogens (tertiary/aromatic N) is 1. The van der Waals surface area contributed by atoms with Crippen LogP contribution in [-0.2, 0) is 13.0 Å². The van der Waals surface area contributed by atoms with Crippen LogP contribution in [0.1, 0.15) is 11.1 Å². The molecule has 0 saturated heterocycles. The Balaban J connectivity index is 0.00000121. The minimum absolute atomic E-state index is 0. The van der Waals surface area contributed by atoms with Crippen LogP contribution in [0.4, 0.5) is 0 Å². The van der Waals surface area contributed by atoms with Crippen molar-refractivity contribution in [2.75, 3.05) is 13.6 Å². The van der Waals surface area contributed by atoms with Crippen LogP contribution in [0.5, 0.6) is 0 Å². The summed E-state index contributed by atoms with van der Waals surface area (Å²) in [5.41, 5.74) is 3.09. The fourth-order valence-corrected chi connectivity index (χ4v) is 3.41. The zero-order chi connectivity index (χ0) is 12.8. The van der Waals surface area contributed by atoms with Crippen LogP contribution >= 0.6 is 12.4 Å². The van der Waals surface area contributed by atoms with Gasteiger partial charge >= 0.3 is 0 Å². The third-order valence-electron chi connectivity index (χ3n) is 4.33. The third-order valence-corrected chi connectivity index (χ3v) is 4.33. The molecule has 0 saturated carbocycles. The van der Waals surface area contributed by atoms with Crippen molar-refractivity contribution in [3.63, 3.8) is 0 Å². The first-order valence-corrected chi connectivity index (χ1v) is 6.94. The van der Waals surface area contributed by atoms with Gasteiger partial charge in [0.2, 0.25) is 0 Å². The number of benzene rings is 3. The van der Waals surface area contributed by atoms with E-state index in [9.17, 15) is 0 Å². The van der Waals surface area contributed by atoms with Crippen molar-refractivity contribution in [3.05, 3.63) is 59.7 Å². The summed E-state index contributed by atoms with van der Waals surface area (Å²) >= 11 is 0. The highest BCUT2D eigenvalue weighted by Crippen LogP contribution is 2.35. The first-order chi connectivity index (χ1) is 9.34. The molecule has 0 radical (unpaired) electrons. The van der Waals surface area contributed by atoms with E-state index in [0.717, 1.165) is 19.5 Å². The van der Waals surface area contributed by atoms with Crippen LogP contribution in [0.25, 0.3) is 21.5 Å². The van der Waals surface area contributed by atoms with Gasteiger partial charge in [-0.05, 0) is 46.1 Å². The van der Waals surface area contributed by atoms with E-state index in [-0.39, 0.29) is 12.4 Å². The largest absolute Gasteiger partial charge is 0.302 e. The molecule has 0 aliphatic carbocycles. The van der Waals surface area contributed by atoms with Crippen LogP contribution in [0.15, 0.2) is 48.5 Å². The van der Waals surface area contributed by atoms with Gasteiger partial charge in [0.1, 0.15) is 0 Å². The molecule has 1 heterocycles. The van der Waals surface area contributed by atoms with Crippen molar-refractivity contribution in [2.24, 2.45) is 0 Å². The first kappa shape index (κ1) is 13.4. The van der Waals surface area contributed by atoms with Gasteiger partial charge in [-0.25, -0.2) is 0 Å². The number of likely N-dealkylation sites (N-methyl/N-ethyl adjacent to an activating group) is 1. The lowest BCUT2D eigenvalue weighted by Gasteiger charge is -2.28. The minimum Gasteiger partial charge on any atom is -0.302 e. The van der Waals surface area contributed by atoms with E-state index in [4.69, 9.17) is 0 Å². The molecular weight excluding hydrogens is 266 g/mol. The van der Waals surface area contributed by atoms with Gasteiger partial charge in [-0.2, -0.15) is 0 Å². The quantitative estimate of drug-likeness (QED) is 0.553. The summed E-state index contributed by atoms with van der Waals surface area (Å²) in [6.45, 7) is 2.23. The SMILES string of the molecule is CN1CCc2c(c3ccccc3c3ccccc23)C1.Cl. The second-order valence-electron chi connectivity index (χ2n) is 5.54. The number of rotatable bonds is 0. The van der Waals surface area contributed by atoms with E-state index in [1.807, 2.05) is 0 Å². The third kappa shape index (κ3) is 1.90. The molecule has 2 heteroatoms. The molecule has 0 aromatic heterocycles. The van der Waals surface area contributed by atoms with E-state index < -0.39 is 0 Å². The van der Waals surface area contributed by atoms with Crippen molar-refractivity contribution in [2.45, 2.75) is 13.0 Å². The van der Waals surface area contributed by atoms with E-state index in [2.05, 4.69) is 60.5 Å². The molecular formula is C18H18ClN. The smallest absolute Gasteiger partial charge is 0.0239 e. The predicted octanol–water partition coefficient (Wildman–Crippen LogP) is 4.40. The Morgan fingerprint density at radius 1 is 0.750 bits per heavy atom. The van der Waals surface area contributed by atoms with Gasteiger partial charge < -0.3 is 4.90 Å². The summed E-state index contributed by atoms with van der Waals surface area (Å²) in [6, 6.07) is 17.7. The lowest BCUT2D eigenvalue weighted by atomic mass is 9.88. The van der Waals surface area contributed by atoms with Gasteiger partial charge in [0.25, 0.3) is 0 Å². The second-order valence-corrected chi connectivity index (χ2v) is 5.54. The molecule has 3 aromatic rings. The van der Waals surface area contributed by atoms with E-state index in [1.54, 1.807) is 5.56 Å². The fraction of sp³-hybridized carbons (Fsp3) is 0.222. The maximum atomic E-state index is 2.42. The molecule has 0 bridgehead atoms. The Bertz CT molecular complexity index is 779. The molecule has 0 spiro atoms. The van der Waals surface area contributed by atoms with Gasteiger partial charge in [0.15, 0.2) is 0 Å². The molecule has 0 atom stereocenters. The van der Waals surface area contributed by atoms with Gasteiger partial charge in [-0.3, -0.25) is 0 Å². The van der Waals surface area contributed by atoms with Crippen LogP contribution < -0.4 is 0 Å². The van der Waals surface area contributed by atoms with Gasteiger partial charge in [-0.1, -0.05) is 48.5 Å². The zero-order valence-electron chi connectivity index (χ0n) is 11.6. The van der Waals surface area contributed by atoms with Gasteiger partial charge in [-0.15, -0.1) is 12.4 Å².